The predicted octanol–water partition coefficient (Wildman–Crippen LogP) is 1.16. The lowest BCUT2D eigenvalue weighted by molar-refractivity contribution is 0.310. The molecule has 6 nitrogen and oxygen atoms in total. The van der Waals surface area contributed by atoms with Crippen molar-refractivity contribution in [1.82, 2.24) is 19.4 Å². The van der Waals surface area contributed by atoms with Gasteiger partial charge in [-0.1, -0.05) is 17.7 Å². The van der Waals surface area contributed by atoms with E-state index < -0.39 is 10.0 Å². The molecular weight excluding hydrogens is 300 g/mol. The molecule has 2 heterocycles. The first-order chi connectivity index (χ1) is 10.5. The number of benzene rings is 1. The highest BCUT2D eigenvalue weighted by Crippen LogP contribution is 2.18. The van der Waals surface area contributed by atoms with E-state index in [0.29, 0.717) is 19.6 Å². The minimum absolute atomic E-state index is 0.163. The van der Waals surface area contributed by atoms with Crippen molar-refractivity contribution in [3.8, 4) is 5.69 Å². The number of aromatic nitrogens is 2. The Kier molecular flexibility index (Phi) is 4.03. The van der Waals surface area contributed by atoms with Gasteiger partial charge in [-0.3, -0.25) is 0 Å². The average molecular weight is 320 g/mol. The Hall–Kier alpha value is -1.70. The highest BCUT2D eigenvalue weighted by Gasteiger charge is 2.29. The molecule has 1 saturated heterocycles. The molecule has 1 aromatic carbocycles. The Morgan fingerprint density at radius 3 is 2.68 bits per heavy atom. The van der Waals surface area contributed by atoms with Crippen LogP contribution in [0.2, 0.25) is 0 Å². The molecule has 0 bridgehead atoms. The molecule has 0 saturated carbocycles. The molecule has 7 heteroatoms. The van der Waals surface area contributed by atoms with E-state index in [9.17, 15) is 8.42 Å². The summed E-state index contributed by atoms with van der Waals surface area (Å²) in [5.74, 6) is 0. The molecule has 1 fully saturated rings. The fourth-order valence-corrected chi connectivity index (χ4v) is 4.01. The lowest BCUT2D eigenvalue weighted by Gasteiger charge is -2.30. The van der Waals surface area contributed by atoms with Gasteiger partial charge < -0.3 is 5.32 Å². The quantitative estimate of drug-likeness (QED) is 0.922. The maximum atomic E-state index is 12.7. The third-order valence-corrected chi connectivity index (χ3v) is 5.64. The Labute approximate surface area is 130 Å². The molecule has 1 aliphatic rings. The van der Waals surface area contributed by atoms with Gasteiger partial charge in [0, 0.05) is 25.7 Å². The van der Waals surface area contributed by atoms with E-state index in [1.54, 1.807) is 10.9 Å². The maximum absolute atomic E-state index is 12.7. The molecular formula is C15H20N4O2S. The standard InChI is InChI=1S/C15H20N4O2S/c1-12-3-5-14(6-4-12)19-11-15(9-17-19)22(20,21)18-8-7-16-13(2)10-18/h3-6,9,11,13,16H,7-8,10H2,1-2H3/t13-/m1/s1. The van der Waals surface area contributed by atoms with Gasteiger partial charge in [0.15, 0.2) is 0 Å². The summed E-state index contributed by atoms with van der Waals surface area (Å²) in [5.41, 5.74) is 2.00. The molecule has 22 heavy (non-hydrogen) atoms. The number of hydrogen-bond acceptors (Lipinski definition) is 4. The highest BCUT2D eigenvalue weighted by molar-refractivity contribution is 7.89. The smallest absolute Gasteiger partial charge is 0.246 e. The molecule has 118 valence electrons. The lowest BCUT2D eigenvalue weighted by Crippen LogP contribution is -2.51. The van der Waals surface area contributed by atoms with Crippen molar-refractivity contribution in [2.45, 2.75) is 24.8 Å². The molecule has 1 aliphatic heterocycles. The molecule has 0 amide bonds. The number of aryl methyl sites for hydroxylation is 1. The summed E-state index contributed by atoms with van der Waals surface area (Å²) in [7, 11) is -3.48. The van der Waals surface area contributed by atoms with E-state index in [1.165, 1.54) is 10.5 Å². The maximum Gasteiger partial charge on any atom is 0.246 e. The van der Waals surface area contributed by atoms with Crippen molar-refractivity contribution < 1.29 is 8.42 Å². The Morgan fingerprint density at radius 2 is 2.00 bits per heavy atom. The van der Waals surface area contributed by atoms with Crippen LogP contribution in [0.25, 0.3) is 5.69 Å². The van der Waals surface area contributed by atoms with Gasteiger partial charge >= 0.3 is 0 Å². The van der Waals surface area contributed by atoms with Crippen LogP contribution in [0.3, 0.4) is 0 Å². The minimum Gasteiger partial charge on any atom is -0.312 e. The van der Waals surface area contributed by atoms with Crippen LogP contribution in [0.5, 0.6) is 0 Å². The second kappa shape index (κ2) is 5.83. The van der Waals surface area contributed by atoms with E-state index in [2.05, 4.69) is 10.4 Å². The van der Waals surface area contributed by atoms with Gasteiger partial charge in [0.1, 0.15) is 4.90 Å². The van der Waals surface area contributed by atoms with Crippen molar-refractivity contribution in [3.05, 3.63) is 42.2 Å². The molecule has 1 N–H and O–H groups in total. The number of nitrogens with zero attached hydrogens (tertiary/aromatic N) is 3. The summed E-state index contributed by atoms with van der Waals surface area (Å²) in [4.78, 5) is 0.238. The van der Waals surface area contributed by atoms with Crippen molar-refractivity contribution >= 4 is 10.0 Å². The zero-order valence-electron chi connectivity index (χ0n) is 12.7. The van der Waals surface area contributed by atoms with Gasteiger partial charge in [0.2, 0.25) is 10.0 Å². The van der Waals surface area contributed by atoms with Crippen LogP contribution in [0.1, 0.15) is 12.5 Å². The molecule has 0 aliphatic carbocycles. The largest absolute Gasteiger partial charge is 0.312 e. The fourth-order valence-electron chi connectivity index (χ4n) is 2.54. The molecule has 0 radical (unpaired) electrons. The summed E-state index contributed by atoms with van der Waals surface area (Å²) in [5, 5.41) is 7.44. The number of rotatable bonds is 3. The number of piperazine rings is 1. The van der Waals surface area contributed by atoms with Crippen LogP contribution in [-0.4, -0.2) is 48.2 Å². The lowest BCUT2D eigenvalue weighted by atomic mass is 10.2. The molecule has 3 rings (SSSR count). The Balaban J connectivity index is 1.87. The molecule has 1 atom stereocenters. The van der Waals surface area contributed by atoms with Crippen molar-refractivity contribution in [1.29, 1.82) is 0 Å². The van der Waals surface area contributed by atoms with Gasteiger partial charge in [0.05, 0.1) is 18.1 Å². The summed E-state index contributed by atoms with van der Waals surface area (Å²) in [6.07, 6.45) is 2.99. The zero-order valence-corrected chi connectivity index (χ0v) is 13.5. The van der Waals surface area contributed by atoms with Crippen LogP contribution in [-0.2, 0) is 10.0 Å². The second-order valence-electron chi connectivity index (χ2n) is 5.67. The van der Waals surface area contributed by atoms with Crippen LogP contribution in [0.4, 0.5) is 0 Å². The average Bonchev–Trinajstić information content (AvgIpc) is 2.98. The molecule has 1 aromatic heterocycles. The van der Waals surface area contributed by atoms with Crippen LogP contribution >= 0.6 is 0 Å². The third-order valence-electron chi connectivity index (χ3n) is 3.83. The Bertz CT molecular complexity index is 752. The monoisotopic (exact) mass is 320 g/mol. The van der Waals surface area contributed by atoms with E-state index in [1.807, 2.05) is 38.1 Å². The summed E-state index contributed by atoms with van der Waals surface area (Å²) in [6, 6.07) is 7.96. The number of hydrogen-bond donors (Lipinski definition) is 1. The first-order valence-corrected chi connectivity index (χ1v) is 8.76. The van der Waals surface area contributed by atoms with Gasteiger partial charge in [-0.2, -0.15) is 9.40 Å². The minimum atomic E-state index is -3.48. The normalized spacial score (nSPS) is 20.2. The highest BCUT2D eigenvalue weighted by atomic mass is 32.2. The van der Waals surface area contributed by atoms with E-state index in [4.69, 9.17) is 0 Å². The Morgan fingerprint density at radius 1 is 1.27 bits per heavy atom. The molecule has 2 aromatic rings. The predicted molar refractivity (Wildman–Crippen MR) is 84.5 cm³/mol. The second-order valence-corrected chi connectivity index (χ2v) is 7.61. The van der Waals surface area contributed by atoms with E-state index >= 15 is 0 Å². The van der Waals surface area contributed by atoms with Crippen LogP contribution in [0.15, 0.2) is 41.6 Å². The molecule has 0 unspecified atom stereocenters. The third kappa shape index (κ3) is 2.92. The first kappa shape index (κ1) is 15.2. The molecule has 0 spiro atoms. The summed E-state index contributed by atoms with van der Waals surface area (Å²) < 4.78 is 28.5. The van der Waals surface area contributed by atoms with Crippen molar-refractivity contribution in [3.63, 3.8) is 0 Å². The summed E-state index contributed by atoms with van der Waals surface area (Å²) >= 11 is 0. The van der Waals surface area contributed by atoms with E-state index in [-0.39, 0.29) is 10.9 Å². The first-order valence-electron chi connectivity index (χ1n) is 7.32. The zero-order chi connectivity index (χ0) is 15.7. The van der Waals surface area contributed by atoms with Crippen molar-refractivity contribution in [2.75, 3.05) is 19.6 Å². The topological polar surface area (TPSA) is 67.2 Å². The number of nitrogens with one attached hydrogen (secondary N) is 1. The van der Waals surface area contributed by atoms with Gasteiger partial charge in [-0.05, 0) is 26.0 Å². The van der Waals surface area contributed by atoms with Gasteiger partial charge in [-0.15, -0.1) is 0 Å². The summed E-state index contributed by atoms with van der Waals surface area (Å²) in [6.45, 7) is 5.64. The fraction of sp³-hybridized carbons (Fsp3) is 0.400. The van der Waals surface area contributed by atoms with Gasteiger partial charge in [-0.25, -0.2) is 13.1 Å². The van der Waals surface area contributed by atoms with Crippen LogP contribution < -0.4 is 5.32 Å². The van der Waals surface area contributed by atoms with Crippen molar-refractivity contribution in [2.24, 2.45) is 0 Å². The van der Waals surface area contributed by atoms with E-state index in [0.717, 1.165) is 11.3 Å². The number of sulfonamides is 1. The van der Waals surface area contributed by atoms with Gasteiger partial charge in [0.25, 0.3) is 0 Å². The SMILES string of the molecule is Cc1ccc(-n2cc(S(=O)(=O)N3CCN[C@H](C)C3)cn2)cc1. The van der Waals surface area contributed by atoms with Crippen LogP contribution in [0, 0.1) is 6.92 Å².